The predicted molar refractivity (Wildman–Crippen MR) is 62.8 cm³/mol. The number of aryl methyl sites for hydroxylation is 1. The Morgan fingerprint density at radius 3 is 2.94 bits per heavy atom. The van der Waals surface area contributed by atoms with Crippen LogP contribution in [-0.2, 0) is 11.2 Å². The molecular weight excluding hydrogens is 226 g/mol. The number of fused-ring (bicyclic) bond motifs is 1. The average molecular weight is 236 g/mol. The van der Waals surface area contributed by atoms with Crippen LogP contribution < -0.4 is 0 Å². The number of para-hydroxylation sites is 1. The standard InChI is InChI=1S/C12H10ClNO2/c1-7-9(6-11(15)16)5-8-3-2-4-10(13)12(8)14-7/h2-5H,6H2,1H3,(H,15,16). The van der Waals surface area contributed by atoms with E-state index in [0.29, 0.717) is 10.7 Å². The number of pyridine rings is 1. The molecule has 82 valence electrons. The van der Waals surface area contributed by atoms with Crippen LogP contribution in [0.3, 0.4) is 0 Å². The molecule has 0 bridgehead atoms. The van der Waals surface area contributed by atoms with Gasteiger partial charge < -0.3 is 5.11 Å². The van der Waals surface area contributed by atoms with E-state index in [1.54, 1.807) is 13.0 Å². The summed E-state index contributed by atoms with van der Waals surface area (Å²) in [6.07, 6.45) is -0.0126. The highest BCUT2D eigenvalue weighted by atomic mass is 35.5. The van der Waals surface area contributed by atoms with Gasteiger partial charge in [-0.15, -0.1) is 0 Å². The van der Waals surface area contributed by atoms with Crippen molar-refractivity contribution in [2.24, 2.45) is 0 Å². The maximum Gasteiger partial charge on any atom is 0.307 e. The van der Waals surface area contributed by atoms with Gasteiger partial charge in [0.25, 0.3) is 0 Å². The molecule has 1 heterocycles. The van der Waals surface area contributed by atoms with Crippen molar-refractivity contribution in [3.63, 3.8) is 0 Å². The molecule has 1 aromatic heterocycles. The normalized spacial score (nSPS) is 10.6. The molecule has 2 aromatic rings. The molecule has 0 aliphatic heterocycles. The minimum atomic E-state index is -0.855. The van der Waals surface area contributed by atoms with Gasteiger partial charge in [-0.1, -0.05) is 23.7 Å². The molecule has 0 saturated heterocycles. The Kier molecular flexibility index (Phi) is 2.79. The lowest BCUT2D eigenvalue weighted by Gasteiger charge is -2.06. The Labute approximate surface area is 97.7 Å². The molecular formula is C12H10ClNO2. The Hall–Kier alpha value is -1.61. The summed E-state index contributed by atoms with van der Waals surface area (Å²) in [5.74, 6) is -0.855. The van der Waals surface area contributed by atoms with Crippen LogP contribution >= 0.6 is 11.6 Å². The molecule has 0 aliphatic rings. The van der Waals surface area contributed by atoms with Gasteiger partial charge in [-0.3, -0.25) is 9.78 Å². The molecule has 0 atom stereocenters. The summed E-state index contributed by atoms with van der Waals surface area (Å²) >= 11 is 6.01. The van der Waals surface area contributed by atoms with Gasteiger partial charge in [0, 0.05) is 11.1 Å². The lowest BCUT2D eigenvalue weighted by molar-refractivity contribution is -0.136. The zero-order chi connectivity index (χ0) is 11.7. The smallest absolute Gasteiger partial charge is 0.307 e. The van der Waals surface area contributed by atoms with E-state index in [2.05, 4.69) is 4.98 Å². The number of nitrogens with zero attached hydrogens (tertiary/aromatic N) is 1. The van der Waals surface area contributed by atoms with Crippen LogP contribution in [0.1, 0.15) is 11.3 Å². The number of aromatic nitrogens is 1. The maximum atomic E-state index is 10.7. The number of halogens is 1. The van der Waals surface area contributed by atoms with E-state index >= 15 is 0 Å². The largest absolute Gasteiger partial charge is 0.481 e. The molecule has 0 fully saturated rings. The molecule has 4 heteroatoms. The highest BCUT2D eigenvalue weighted by Crippen LogP contribution is 2.23. The van der Waals surface area contributed by atoms with Crippen LogP contribution in [0.25, 0.3) is 10.9 Å². The fourth-order valence-corrected chi connectivity index (χ4v) is 1.86. The zero-order valence-electron chi connectivity index (χ0n) is 8.70. The van der Waals surface area contributed by atoms with E-state index < -0.39 is 5.97 Å². The van der Waals surface area contributed by atoms with Gasteiger partial charge in [0.15, 0.2) is 0 Å². The van der Waals surface area contributed by atoms with Crippen LogP contribution in [0.5, 0.6) is 0 Å². The minimum Gasteiger partial charge on any atom is -0.481 e. The summed E-state index contributed by atoms with van der Waals surface area (Å²) in [5.41, 5.74) is 2.15. The second-order valence-corrected chi connectivity index (χ2v) is 4.02. The molecule has 0 aliphatic carbocycles. The maximum absolute atomic E-state index is 10.7. The van der Waals surface area contributed by atoms with Crippen LogP contribution in [0.4, 0.5) is 0 Å². The van der Waals surface area contributed by atoms with Crippen LogP contribution in [0, 0.1) is 6.92 Å². The Morgan fingerprint density at radius 2 is 2.25 bits per heavy atom. The summed E-state index contributed by atoms with van der Waals surface area (Å²) in [5, 5.41) is 10.2. The summed E-state index contributed by atoms with van der Waals surface area (Å²) in [7, 11) is 0. The van der Waals surface area contributed by atoms with Crippen molar-refractivity contribution in [3.8, 4) is 0 Å². The second kappa shape index (κ2) is 4.10. The highest BCUT2D eigenvalue weighted by molar-refractivity contribution is 6.35. The molecule has 3 nitrogen and oxygen atoms in total. The van der Waals surface area contributed by atoms with Gasteiger partial charge in [-0.25, -0.2) is 0 Å². The quantitative estimate of drug-likeness (QED) is 0.871. The Bertz CT molecular complexity index is 566. The summed E-state index contributed by atoms with van der Waals surface area (Å²) in [4.78, 5) is 15.0. The molecule has 2 rings (SSSR count). The van der Waals surface area contributed by atoms with Crippen molar-refractivity contribution in [2.75, 3.05) is 0 Å². The molecule has 0 unspecified atom stereocenters. The molecule has 16 heavy (non-hydrogen) atoms. The van der Waals surface area contributed by atoms with Crippen molar-refractivity contribution in [3.05, 3.63) is 40.5 Å². The molecule has 0 radical (unpaired) electrons. The van der Waals surface area contributed by atoms with E-state index in [-0.39, 0.29) is 6.42 Å². The number of hydrogen-bond donors (Lipinski definition) is 1. The van der Waals surface area contributed by atoms with Crippen LogP contribution in [0.2, 0.25) is 5.02 Å². The molecule has 1 N–H and O–H groups in total. The first-order valence-electron chi connectivity index (χ1n) is 4.84. The lowest BCUT2D eigenvalue weighted by atomic mass is 10.1. The third-order valence-corrected chi connectivity index (χ3v) is 2.74. The van der Waals surface area contributed by atoms with Crippen LogP contribution in [-0.4, -0.2) is 16.1 Å². The average Bonchev–Trinajstić information content (AvgIpc) is 2.20. The SMILES string of the molecule is Cc1nc2c(Cl)cccc2cc1CC(=O)O. The molecule has 0 amide bonds. The van der Waals surface area contributed by atoms with E-state index in [4.69, 9.17) is 16.7 Å². The van der Waals surface area contributed by atoms with Crippen LogP contribution in [0.15, 0.2) is 24.3 Å². The van der Waals surface area contributed by atoms with Crippen molar-refractivity contribution in [2.45, 2.75) is 13.3 Å². The first-order valence-corrected chi connectivity index (χ1v) is 5.22. The van der Waals surface area contributed by atoms with Gasteiger partial charge in [0.05, 0.1) is 17.0 Å². The third kappa shape index (κ3) is 1.99. The third-order valence-electron chi connectivity index (χ3n) is 2.43. The van der Waals surface area contributed by atoms with Crippen molar-refractivity contribution < 1.29 is 9.90 Å². The predicted octanol–water partition coefficient (Wildman–Crippen LogP) is 2.82. The first-order chi connectivity index (χ1) is 7.58. The minimum absolute atomic E-state index is 0.0126. The van der Waals surface area contributed by atoms with E-state index in [1.165, 1.54) is 0 Å². The summed E-state index contributed by atoms with van der Waals surface area (Å²) in [6, 6.07) is 7.30. The summed E-state index contributed by atoms with van der Waals surface area (Å²) in [6.45, 7) is 1.79. The monoisotopic (exact) mass is 235 g/mol. The van der Waals surface area contributed by atoms with Gasteiger partial charge in [-0.05, 0) is 24.6 Å². The molecule has 0 spiro atoms. The van der Waals surface area contributed by atoms with Crippen molar-refractivity contribution in [1.82, 2.24) is 4.98 Å². The highest BCUT2D eigenvalue weighted by Gasteiger charge is 2.08. The first kappa shape index (κ1) is 10.9. The second-order valence-electron chi connectivity index (χ2n) is 3.61. The van der Waals surface area contributed by atoms with Gasteiger partial charge in [-0.2, -0.15) is 0 Å². The van der Waals surface area contributed by atoms with Crippen molar-refractivity contribution in [1.29, 1.82) is 0 Å². The van der Waals surface area contributed by atoms with E-state index in [1.807, 2.05) is 18.2 Å². The fourth-order valence-electron chi connectivity index (χ4n) is 1.64. The van der Waals surface area contributed by atoms with Gasteiger partial charge in [0.1, 0.15) is 0 Å². The topological polar surface area (TPSA) is 50.2 Å². The van der Waals surface area contributed by atoms with E-state index in [0.717, 1.165) is 16.5 Å². The molecule has 1 aromatic carbocycles. The Morgan fingerprint density at radius 1 is 1.50 bits per heavy atom. The van der Waals surface area contributed by atoms with E-state index in [9.17, 15) is 4.79 Å². The summed E-state index contributed by atoms with van der Waals surface area (Å²) < 4.78 is 0. The number of benzene rings is 1. The van der Waals surface area contributed by atoms with Crippen molar-refractivity contribution >= 4 is 28.5 Å². The van der Waals surface area contributed by atoms with Gasteiger partial charge in [0.2, 0.25) is 0 Å². The zero-order valence-corrected chi connectivity index (χ0v) is 9.45. The lowest BCUT2D eigenvalue weighted by Crippen LogP contribution is -2.03. The Balaban J connectivity index is 2.63. The number of hydrogen-bond acceptors (Lipinski definition) is 2. The number of rotatable bonds is 2. The molecule has 0 saturated carbocycles. The van der Waals surface area contributed by atoms with Gasteiger partial charge >= 0.3 is 5.97 Å². The number of carboxylic acid groups (broad SMARTS) is 1. The number of carboxylic acids is 1. The number of carbonyl (C=O) groups is 1. The number of aliphatic carboxylic acids is 1. The fraction of sp³-hybridized carbons (Fsp3) is 0.167.